The van der Waals surface area contributed by atoms with Gasteiger partial charge in [0.15, 0.2) is 12.2 Å². The van der Waals surface area contributed by atoms with Crippen molar-refractivity contribution in [2.24, 2.45) is 5.16 Å². The quantitative estimate of drug-likeness (QED) is 0.287. The summed E-state index contributed by atoms with van der Waals surface area (Å²) in [5.74, 6) is 1.77. The predicted molar refractivity (Wildman–Crippen MR) is 148 cm³/mol. The van der Waals surface area contributed by atoms with E-state index in [-0.39, 0.29) is 12.6 Å². The molecule has 1 aliphatic rings. The molecule has 3 aromatic carbocycles. The SMILES string of the molecule is COc1cccc([C@H]2Oc3ccc(OC)cc3C(=NO[C@@H](C)c3cn([C@H](CO)Cc4ccccc4)nn3)[C@@H]2O)c1. The first-order valence-electron chi connectivity index (χ1n) is 13.0. The molecular formula is C30H32N4O6. The van der Waals surface area contributed by atoms with Gasteiger partial charge in [0, 0.05) is 5.56 Å². The van der Waals surface area contributed by atoms with Crippen LogP contribution in [0.25, 0.3) is 0 Å². The fourth-order valence-corrected chi connectivity index (χ4v) is 4.59. The van der Waals surface area contributed by atoms with Crippen LogP contribution in [0.4, 0.5) is 0 Å². The molecular weight excluding hydrogens is 512 g/mol. The van der Waals surface area contributed by atoms with E-state index in [0.717, 1.165) is 11.1 Å². The average molecular weight is 545 g/mol. The van der Waals surface area contributed by atoms with Crippen LogP contribution in [-0.2, 0) is 11.3 Å². The number of hydrogen-bond acceptors (Lipinski definition) is 9. The van der Waals surface area contributed by atoms with E-state index in [1.165, 1.54) is 0 Å². The van der Waals surface area contributed by atoms with Crippen LogP contribution >= 0.6 is 0 Å². The number of oxime groups is 1. The highest BCUT2D eigenvalue weighted by Crippen LogP contribution is 2.38. The number of nitrogens with zero attached hydrogens (tertiary/aromatic N) is 4. The standard InChI is InChI=1S/C30H32N4O6/c1-19(26-17-34(33-31-26)22(18-35)14-20-8-5-4-6-9-20)40-32-28-25-16-24(38-3)12-13-27(25)39-30(29(28)36)21-10-7-11-23(15-21)37-2/h4-13,15-17,19,22,29-30,35-36H,14,18H2,1-3H3/t19-,22-,29-,30+/m0/s1. The van der Waals surface area contributed by atoms with Crippen molar-refractivity contribution in [1.82, 2.24) is 15.0 Å². The monoisotopic (exact) mass is 544 g/mol. The second-order valence-corrected chi connectivity index (χ2v) is 9.50. The lowest BCUT2D eigenvalue weighted by Gasteiger charge is -2.32. The Morgan fingerprint density at radius 2 is 1.77 bits per heavy atom. The van der Waals surface area contributed by atoms with Gasteiger partial charge in [0.05, 0.1) is 33.1 Å². The van der Waals surface area contributed by atoms with Crippen LogP contribution in [-0.4, -0.2) is 57.8 Å². The smallest absolute Gasteiger partial charge is 0.169 e. The lowest BCUT2D eigenvalue weighted by atomic mass is 9.92. The number of aromatic nitrogens is 3. The van der Waals surface area contributed by atoms with Gasteiger partial charge in [0.1, 0.15) is 34.8 Å². The molecule has 0 amide bonds. The maximum absolute atomic E-state index is 11.4. The number of aliphatic hydroxyl groups is 2. The molecule has 2 N–H and O–H groups in total. The highest BCUT2D eigenvalue weighted by Gasteiger charge is 2.37. The number of fused-ring (bicyclic) bond motifs is 1. The number of methoxy groups -OCH3 is 2. The van der Waals surface area contributed by atoms with Gasteiger partial charge in [-0.05, 0) is 54.8 Å². The third-order valence-electron chi connectivity index (χ3n) is 6.86. The summed E-state index contributed by atoms with van der Waals surface area (Å²) in [5.41, 5.74) is 3.20. The predicted octanol–water partition coefficient (Wildman–Crippen LogP) is 4.05. The first kappa shape index (κ1) is 27.2. The van der Waals surface area contributed by atoms with Crippen LogP contribution in [0.1, 0.15) is 47.6 Å². The van der Waals surface area contributed by atoms with Gasteiger partial charge in [-0.1, -0.05) is 52.8 Å². The van der Waals surface area contributed by atoms with E-state index >= 15 is 0 Å². The zero-order chi connectivity index (χ0) is 28.1. The van der Waals surface area contributed by atoms with Crippen LogP contribution in [0, 0.1) is 0 Å². The molecule has 0 fully saturated rings. The minimum absolute atomic E-state index is 0.0916. The summed E-state index contributed by atoms with van der Waals surface area (Å²) in [6, 6.07) is 22.3. The molecule has 1 aliphatic heterocycles. The first-order valence-corrected chi connectivity index (χ1v) is 13.0. The third-order valence-corrected chi connectivity index (χ3v) is 6.86. The van der Waals surface area contributed by atoms with Gasteiger partial charge >= 0.3 is 0 Å². The molecule has 208 valence electrons. The third kappa shape index (κ3) is 5.78. The molecule has 0 unspecified atom stereocenters. The number of ether oxygens (including phenoxy) is 3. The Hall–Kier alpha value is -4.41. The minimum Gasteiger partial charge on any atom is -0.497 e. The summed E-state index contributed by atoms with van der Waals surface area (Å²) in [7, 11) is 3.15. The second-order valence-electron chi connectivity index (χ2n) is 9.50. The Morgan fingerprint density at radius 1 is 1.00 bits per heavy atom. The van der Waals surface area contributed by atoms with Gasteiger partial charge in [-0.2, -0.15) is 0 Å². The van der Waals surface area contributed by atoms with E-state index in [0.29, 0.717) is 40.6 Å². The summed E-state index contributed by atoms with van der Waals surface area (Å²) in [6.45, 7) is 1.70. The van der Waals surface area contributed by atoms with E-state index in [1.807, 2.05) is 54.6 Å². The number of hydrogen-bond donors (Lipinski definition) is 2. The Bertz CT molecular complexity index is 1460. The number of rotatable bonds is 10. The Kier molecular flexibility index (Phi) is 8.28. The highest BCUT2D eigenvalue weighted by molar-refractivity contribution is 6.07. The molecule has 4 atom stereocenters. The molecule has 2 heterocycles. The van der Waals surface area contributed by atoms with Crippen molar-refractivity contribution >= 4 is 5.71 Å². The lowest BCUT2D eigenvalue weighted by molar-refractivity contribution is 0.0474. The largest absolute Gasteiger partial charge is 0.497 e. The van der Waals surface area contributed by atoms with Gasteiger partial charge in [0.2, 0.25) is 0 Å². The molecule has 0 saturated carbocycles. The second kappa shape index (κ2) is 12.2. The molecule has 10 heteroatoms. The first-order chi connectivity index (χ1) is 19.5. The summed E-state index contributed by atoms with van der Waals surface area (Å²) in [5, 5.41) is 34.3. The van der Waals surface area contributed by atoms with E-state index in [4.69, 9.17) is 19.0 Å². The molecule has 40 heavy (non-hydrogen) atoms. The number of benzene rings is 3. The van der Waals surface area contributed by atoms with E-state index < -0.39 is 18.3 Å². The van der Waals surface area contributed by atoms with Crippen molar-refractivity contribution in [3.8, 4) is 17.2 Å². The van der Waals surface area contributed by atoms with Crippen LogP contribution in [0.2, 0.25) is 0 Å². The minimum atomic E-state index is -1.14. The summed E-state index contributed by atoms with van der Waals surface area (Å²) in [4.78, 5) is 5.87. The van der Waals surface area contributed by atoms with Gasteiger partial charge in [-0.15, -0.1) is 5.10 Å². The fraction of sp³-hybridized carbons (Fsp3) is 0.300. The van der Waals surface area contributed by atoms with Crippen LogP contribution in [0.15, 0.2) is 84.1 Å². The van der Waals surface area contributed by atoms with Crippen molar-refractivity contribution in [2.45, 2.75) is 37.7 Å². The van der Waals surface area contributed by atoms with E-state index in [1.54, 1.807) is 50.2 Å². The number of aliphatic hydroxyl groups excluding tert-OH is 2. The fourth-order valence-electron chi connectivity index (χ4n) is 4.59. The zero-order valence-electron chi connectivity index (χ0n) is 22.5. The average Bonchev–Trinajstić information content (AvgIpc) is 3.49. The van der Waals surface area contributed by atoms with Crippen LogP contribution < -0.4 is 14.2 Å². The molecule has 0 saturated heterocycles. The summed E-state index contributed by atoms with van der Waals surface area (Å²) in [6.07, 6.45) is -0.118. The topological polar surface area (TPSA) is 120 Å². The molecule has 10 nitrogen and oxygen atoms in total. The molecule has 4 aromatic rings. The molecule has 0 spiro atoms. The van der Waals surface area contributed by atoms with Gasteiger partial charge in [-0.3, -0.25) is 0 Å². The van der Waals surface area contributed by atoms with Crippen LogP contribution in [0.5, 0.6) is 17.2 Å². The van der Waals surface area contributed by atoms with E-state index in [2.05, 4.69) is 15.5 Å². The van der Waals surface area contributed by atoms with Crippen LogP contribution in [0.3, 0.4) is 0 Å². The highest BCUT2D eigenvalue weighted by atomic mass is 16.6. The summed E-state index contributed by atoms with van der Waals surface area (Å²) < 4.78 is 18.6. The Labute approximate surface area is 232 Å². The maximum atomic E-state index is 11.4. The normalized spacial score (nSPS) is 18.9. The van der Waals surface area contributed by atoms with E-state index in [9.17, 15) is 10.2 Å². The Balaban J connectivity index is 1.39. The molecule has 5 rings (SSSR count). The zero-order valence-corrected chi connectivity index (χ0v) is 22.5. The molecule has 0 radical (unpaired) electrons. The Morgan fingerprint density at radius 3 is 2.52 bits per heavy atom. The van der Waals surface area contributed by atoms with Crippen molar-refractivity contribution in [1.29, 1.82) is 0 Å². The molecule has 1 aromatic heterocycles. The maximum Gasteiger partial charge on any atom is 0.169 e. The van der Waals surface area contributed by atoms with Gasteiger partial charge in [-0.25, -0.2) is 4.68 Å². The van der Waals surface area contributed by atoms with Crippen molar-refractivity contribution in [3.05, 3.63) is 101 Å². The van der Waals surface area contributed by atoms with Crippen molar-refractivity contribution < 1.29 is 29.3 Å². The van der Waals surface area contributed by atoms with Gasteiger partial charge < -0.3 is 29.3 Å². The van der Waals surface area contributed by atoms with Crippen molar-refractivity contribution in [2.75, 3.05) is 20.8 Å². The molecule has 0 aliphatic carbocycles. The molecule has 0 bridgehead atoms. The van der Waals surface area contributed by atoms with Gasteiger partial charge in [0.25, 0.3) is 0 Å². The summed E-state index contributed by atoms with van der Waals surface area (Å²) >= 11 is 0. The lowest BCUT2D eigenvalue weighted by Crippen LogP contribution is -2.37. The van der Waals surface area contributed by atoms with Crippen molar-refractivity contribution in [3.63, 3.8) is 0 Å².